The molecule has 2 heterocycles. The van der Waals surface area contributed by atoms with E-state index in [1.54, 1.807) is 24.3 Å². The first kappa shape index (κ1) is 24.7. The molecule has 0 bridgehead atoms. The van der Waals surface area contributed by atoms with Gasteiger partial charge in [0.05, 0.1) is 5.69 Å². The van der Waals surface area contributed by atoms with Gasteiger partial charge in [-0.1, -0.05) is 48.5 Å². The van der Waals surface area contributed by atoms with Crippen LogP contribution < -0.4 is 25.1 Å². The van der Waals surface area contributed by atoms with Gasteiger partial charge in [-0.15, -0.1) is 0 Å². The number of hydrogen-bond acceptors (Lipinski definition) is 7. The van der Waals surface area contributed by atoms with Crippen molar-refractivity contribution in [2.45, 2.75) is 6.61 Å². The molecule has 9 heteroatoms. The van der Waals surface area contributed by atoms with Gasteiger partial charge in [-0.3, -0.25) is 24.6 Å². The molecule has 0 aliphatic carbocycles. The van der Waals surface area contributed by atoms with Gasteiger partial charge in [0.25, 0.3) is 11.8 Å². The molecule has 0 atom stereocenters. The number of amides is 2. The lowest BCUT2D eigenvalue weighted by atomic mass is 10.1. The molecule has 0 radical (unpaired) electrons. The Labute approximate surface area is 222 Å². The number of hydrogen-bond donors (Lipinski definition) is 1. The summed E-state index contributed by atoms with van der Waals surface area (Å²) < 4.78 is 16.8. The maximum Gasteiger partial charge on any atom is 0.270 e. The molecule has 0 spiro atoms. The Morgan fingerprint density at radius 1 is 0.868 bits per heavy atom. The SMILES string of the molecule is O=C1NC(=S)N(c2ccc(Oc3ccccc3)cc2)C(=O)C1=Cc1cc(=O)c(OCc2ccccc2)co1. The summed E-state index contributed by atoms with van der Waals surface area (Å²) in [5.41, 5.74) is 0.615. The zero-order valence-corrected chi connectivity index (χ0v) is 20.6. The second-order valence-electron chi connectivity index (χ2n) is 8.15. The van der Waals surface area contributed by atoms with Gasteiger partial charge in [0.1, 0.15) is 35.7 Å². The second-order valence-corrected chi connectivity index (χ2v) is 8.54. The molecular formula is C29H20N2O6S. The van der Waals surface area contributed by atoms with Crippen LogP contribution in [-0.4, -0.2) is 16.9 Å². The number of benzene rings is 3. The predicted octanol–water partition coefficient (Wildman–Crippen LogP) is 4.84. The van der Waals surface area contributed by atoms with Crippen molar-refractivity contribution in [1.29, 1.82) is 0 Å². The van der Waals surface area contributed by atoms with Gasteiger partial charge in [0.15, 0.2) is 5.11 Å². The van der Waals surface area contributed by atoms with Gasteiger partial charge in [0, 0.05) is 6.07 Å². The van der Waals surface area contributed by atoms with Crippen molar-refractivity contribution in [1.82, 2.24) is 5.32 Å². The van der Waals surface area contributed by atoms with Crippen molar-refractivity contribution in [3.05, 3.63) is 124 Å². The van der Waals surface area contributed by atoms with Crippen LogP contribution in [0.3, 0.4) is 0 Å². The molecule has 1 aliphatic heterocycles. The standard InChI is InChI=1S/C29H20N2O6S/c32-25-16-23(35-18-26(25)36-17-19-7-3-1-4-8-19)15-24-27(33)30-29(38)31(28(24)34)20-11-13-22(14-12-20)37-21-9-5-2-6-10-21/h1-16,18H,17H2,(H,30,33,38). The summed E-state index contributed by atoms with van der Waals surface area (Å²) in [4.78, 5) is 39.6. The topological polar surface area (TPSA) is 98.1 Å². The highest BCUT2D eigenvalue weighted by atomic mass is 32.1. The lowest BCUT2D eigenvalue weighted by Crippen LogP contribution is -2.54. The number of carbonyl (C=O) groups excluding carboxylic acids is 2. The van der Waals surface area contributed by atoms with Crippen molar-refractivity contribution in [2.75, 3.05) is 4.90 Å². The molecule has 4 aromatic rings. The molecule has 3 aromatic carbocycles. The van der Waals surface area contributed by atoms with Crippen molar-refractivity contribution in [2.24, 2.45) is 0 Å². The van der Waals surface area contributed by atoms with E-state index in [4.69, 9.17) is 26.1 Å². The van der Waals surface area contributed by atoms with Crippen LogP contribution in [0.4, 0.5) is 5.69 Å². The molecule has 1 fully saturated rings. The van der Waals surface area contributed by atoms with Gasteiger partial charge in [-0.05, 0) is 60.3 Å². The highest BCUT2D eigenvalue weighted by Gasteiger charge is 2.34. The van der Waals surface area contributed by atoms with E-state index in [9.17, 15) is 14.4 Å². The number of ether oxygens (including phenoxy) is 2. The molecule has 38 heavy (non-hydrogen) atoms. The highest BCUT2D eigenvalue weighted by molar-refractivity contribution is 7.80. The fraction of sp³-hybridized carbons (Fsp3) is 0.0345. The molecule has 1 aromatic heterocycles. The summed E-state index contributed by atoms with van der Waals surface area (Å²) in [7, 11) is 0. The van der Waals surface area contributed by atoms with Crippen molar-refractivity contribution >= 4 is 40.9 Å². The molecule has 0 saturated carbocycles. The van der Waals surface area contributed by atoms with Gasteiger partial charge in [-0.2, -0.15) is 0 Å². The Morgan fingerprint density at radius 3 is 2.21 bits per heavy atom. The fourth-order valence-electron chi connectivity index (χ4n) is 3.65. The van der Waals surface area contributed by atoms with E-state index < -0.39 is 17.2 Å². The minimum Gasteiger partial charge on any atom is -0.482 e. The van der Waals surface area contributed by atoms with E-state index in [-0.39, 0.29) is 28.8 Å². The van der Waals surface area contributed by atoms with E-state index in [2.05, 4.69) is 5.32 Å². The van der Waals surface area contributed by atoms with Crippen LogP contribution in [-0.2, 0) is 16.2 Å². The molecule has 1 N–H and O–H groups in total. The molecule has 1 saturated heterocycles. The number of rotatable bonds is 7. The van der Waals surface area contributed by atoms with Crippen molar-refractivity contribution in [3.63, 3.8) is 0 Å². The van der Waals surface area contributed by atoms with E-state index in [0.717, 1.165) is 17.9 Å². The average molecular weight is 525 g/mol. The van der Waals surface area contributed by atoms with Crippen LogP contribution >= 0.6 is 12.2 Å². The summed E-state index contributed by atoms with van der Waals surface area (Å²) in [5.74, 6) is -0.113. The molecule has 2 amide bonds. The van der Waals surface area contributed by atoms with E-state index >= 15 is 0 Å². The zero-order chi connectivity index (χ0) is 26.5. The quantitative estimate of drug-likeness (QED) is 0.210. The summed E-state index contributed by atoms with van der Waals surface area (Å²) in [5, 5.41) is 2.43. The molecule has 5 rings (SSSR count). The number of para-hydroxylation sites is 1. The van der Waals surface area contributed by atoms with Gasteiger partial charge >= 0.3 is 0 Å². The largest absolute Gasteiger partial charge is 0.482 e. The Bertz CT molecular complexity index is 1580. The Hall–Kier alpha value is -5.02. The fourth-order valence-corrected chi connectivity index (χ4v) is 3.93. The summed E-state index contributed by atoms with van der Waals surface area (Å²) in [6, 6.07) is 26.4. The van der Waals surface area contributed by atoms with E-state index in [1.165, 1.54) is 11.0 Å². The number of nitrogens with one attached hydrogen (secondary N) is 1. The Morgan fingerprint density at radius 2 is 1.53 bits per heavy atom. The van der Waals surface area contributed by atoms with Crippen molar-refractivity contribution < 1.29 is 23.5 Å². The van der Waals surface area contributed by atoms with Gasteiger partial charge in [-0.25, -0.2) is 0 Å². The first-order valence-corrected chi connectivity index (χ1v) is 11.9. The van der Waals surface area contributed by atoms with E-state index in [0.29, 0.717) is 17.2 Å². The maximum atomic E-state index is 13.3. The maximum absolute atomic E-state index is 13.3. The predicted molar refractivity (Wildman–Crippen MR) is 145 cm³/mol. The first-order valence-electron chi connectivity index (χ1n) is 11.5. The Balaban J connectivity index is 1.33. The minimum absolute atomic E-state index is 0.0102. The molecule has 188 valence electrons. The van der Waals surface area contributed by atoms with Gasteiger partial charge < -0.3 is 13.9 Å². The van der Waals surface area contributed by atoms with Crippen molar-refractivity contribution in [3.8, 4) is 17.2 Å². The lowest BCUT2D eigenvalue weighted by molar-refractivity contribution is -0.122. The number of nitrogens with zero attached hydrogens (tertiary/aromatic N) is 1. The highest BCUT2D eigenvalue weighted by Crippen LogP contribution is 2.27. The number of thiocarbonyl (C=S) groups is 1. The molecular weight excluding hydrogens is 504 g/mol. The summed E-state index contributed by atoms with van der Waals surface area (Å²) in [6.07, 6.45) is 2.35. The second kappa shape index (κ2) is 10.9. The Kier molecular flexibility index (Phi) is 7.10. The third-order valence-corrected chi connectivity index (χ3v) is 5.80. The summed E-state index contributed by atoms with van der Waals surface area (Å²) in [6.45, 7) is 0.189. The molecule has 1 aliphatic rings. The van der Waals surface area contributed by atoms with Crippen LogP contribution in [0.5, 0.6) is 17.2 Å². The average Bonchev–Trinajstić information content (AvgIpc) is 2.92. The van der Waals surface area contributed by atoms with Crippen LogP contribution in [0, 0.1) is 0 Å². The molecule has 8 nitrogen and oxygen atoms in total. The first-order chi connectivity index (χ1) is 18.5. The van der Waals surface area contributed by atoms with E-state index in [1.807, 2.05) is 60.7 Å². The number of carbonyl (C=O) groups is 2. The monoisotopic (exact) mass is 524 g/mol. The van der Waals surface area contributed by atoms with Crippen LogP contribution in [0.25, 0.3) is 6.08 Å². The third kappa shape index (κ3) is 5.53. The van der Waals surface area contributed by atoms with Gasteiger partial charge in [0.2, 0.25) is 11.2 Å². The van der Waals surface area contributed by atoms with Crippen LogP contribution in [0.1, 0.15) is 11.3 Å². The van der Waals surface area contributed by atoms with Crippen LogP contribution in [0.15, 0.2) is 112 Å². The van der Waals surface area contributed by atoms with Crippen LogP contribution in [0.2, 0.25) is 0 Å². The zero-order valence-electron chi connectivity index (χ0n) is 19.8. The third-order valence-electron chi connectivity index (χ3n) is 5.52. The smallest absolute Gasteiger partial charge is 0.270 e. The summed E-state index contributed by atoms with van der Waals surface area (Å²) >= 11 is 5.25. The molecule has 0 unspecified atom stereocenters. The normalized spacial score (nSPS) is 14.4. The minimum atomic E-state index is -0.702. The lowest BCUT2D eigenvalue weighted by Gasteiger charge is -2.28. The number of anilines is 1.